The molecule has 0 fully saturated rings. The molecule has 0 aliphatic carbocycles. The molecule has 0 spiro atoms. The third-order valence-electron chi connectivity index (χ3n) is 4.30. The number of benzene rings is 1. The van der Waals surface area contributed by atoms with Gasteiger partial charge in [0.1, 0.15) is 5.75 Å². The molecule has 0 radical (unpaired) electrons. The first-order valence-electron chi connectivity index (χ1n) is 8.50. The number of phenols is 1. The number of hydrogen-bond donors (Lipinski definition) is 2. The number of phenolic OH excluding ortho intramolecular Hbond substituents is 1. The van der Waals surface area contributed by atoms with Crippen molar-refractivity contribution in [1.29, 1.82) is 0 Å². The van der Waals surface area contributed by atoms with Gasteiger partial charge < -0.3 is 10.2 Å². The standard InChI is InChI=1S/C20H32O3/c1-8-9-10-13(18(22)23)14-11-16(20(5,6)7)17(21)12-15(14)19(2,3)4/h11-13,21H,8-10H2,1-7H3,(H,22,23). The van der Waals surface area contributed by atoms with Gasteiger partial charge in [-0.1, -0.05) is 67.4 Å². The van der Waals surface area contributed by atoms with Crippen LogP contribution in [-0.4, -0.2) is 16.2 Å². The Morgan fingerprint density at radius 2 is 1.57 bits per heavy atom. The second kappa shape index (κ2) is 6.94. The maximum atomic E-state index is 11.9. The van der Waals surface area contributed by atoms with Crippen molar-refractivity contribution in [3.05, 3.63) is 28.8 Å². The number of aromatic hydroxyl groups is 1. The first-order chi connectivity index (χ1) is 10.4. The normalized spacial score (nSPS) is 13.9. The maximum absolute atomic E-state index is 11.9. The highest BCUT2D eigenvalue weighted by atomic mass is 16.4. The van der Waals surface area contributed by atoms with E-state index in [0.29, 0.717) is 6.42 Å². The minimum atomic E-state index is -0.783. The van der Waals surface area contributed by atoms with Crippen LogP contribution >= 0.6 is 0 Å². The zero-order valence-corrected chi connectivity index (χ0v) is 15.7. The van der Waals surface area contributed by atoms with Crippen LogP contribution in [0.4, 0.5) is 0 Å². The second-order valence-corrected chi connectivity index (χ2v) is 8.49. The van der Waals surface area contributed by atoms with Crippen LogP contribution in [0.2, 0.25) is 0 Å². The summed E-state index contributed by atoms with van der Waals surface area (Å²) in [5.41, 5.74) is 2.13. The smallest absolute Gasteiger partial charge is 0.310 e. The molecule has 1 aromatic rings. The Bertz CT molecular complexity index is 559. The topological polar surface area (TPSA) is 57.5 Å². The minimum Gasteiger partial charge on any atom is -0.508 e. The van der Waals surface area contributed by atoms with Gasteiger partial charge in [-0.3, -0.25) is 4.79 Å². The van der Waals surface area contributed by atoms with Gasteiger partial charge >= 0.3 is 5.97 Å². The summed E-state index contributed by atoms with van der Waals surface area (Å²) in [6, 6.07) is 3.70. The molecule has 0 saturated carbocycles. The van der Waals surface area contributed by atoms with E-state index in [9.17, 15) is 15.0 Å². The molecule has 0 aliphatic heterocycles. The van der Waals surface area contributed by atoms with Crippen molar-refractivity contribution in [2.45, 2.75) is 84.5 Å². The van der Waals surface area contributed by atoms with Crippen molar-refractivity contribution < 1.29 is 15.0 Å². The van der Waals surface area contributed by atoms with Crippen molar-refractivity contribution in [1.82, 2.24) is 0 Å². The number of aliphatic carboxylic acids is 1. The van der Waals surface area contributed by atoms with Crippen molar-refractivity contribution in [2.24, 2.45) is 0 Å². The Morgan fingerprint density at radius 1 is 1.04 bits per heavy atom. The van der Waals surface area contributed by atoms with E-state index in [1.807, 2.05) is 26.8 Å². The van der Waals surface area contributed by atoms with Gasteiger partial charge in [0.15, 0.2) is 0 Å². The number of hydrogen-bond acceptors (Lipinski definition) is 2. The van der Waals surface area contributed by atoms with E-state index in [2.05, 4.69) is 27.7 Å². The lowest BCUT2D eigenvalue weighted by Crippen LogP contribution is -2.22. The molecule has 0 bridgehead atoms. The molecule has 130 valence electrons. The summed E-state index contributed by atoms with van der Waals surface area (Å²) in [7, 11) is 0. The Kier molecular flexibility index (Phi) is 5.89. The van der Waals surface area contributed by atoms with Gasteiger partial charge in [-0.15, -0.1) is 0 Å². The summed E-state index contributed by atoms with van der Waals surface area (Å²) < 4.78 is 0. The largest absolute Gasteiger partial charge is 0.508 e. The second-order valence-electron chi connectivity index (χ2n) is 8.49. The Balaban J connectivity index is 3.60. The third kappa shape index (κ3) is 4.73. The zero-order chi connectivity index (χ0) is 18.0. The van der Waals surface area contributed by atoms with Gasteiger partial charge in [-0.05, 0) is 40.0 Å². The number of rotatable bonds is 5. The quantitative estimate of drug-likeness (QED) is 0.769. The van der Waals surface area contributed by atoms with Crippen molar-refractivity contribution in [2.75, 3.05) is 0 Å². The highest BCUT2D eigenvalue weighted by molar-refractivity contribution is 5.77. The van der Waals surface area contributed by atoms with Crippen LogP contribution < -0.4 is 0 Å². The third-order valence-corrected chi connectivity index (χ3v) is 4.30. The van der Waals surface area contributed by atoms with Crippen LogP contribution in [-0.2, 0) is 15.6 Å². The summed E-state index contributed by atoms with van der Waals surface area (Å²) in [5, 5.41) is 20.2. The molecular weight excluding hydrogens is 288 g/mol. The fraction of sp³-hybridized carbons (Fsp3) is 0.650. The summed E-state index contributed by atoms with van der Waals surface area (Å²) in [4.78, 5) is 11.9. The van der Waals surface area contributed by atoms with Crippen LogP contribution in [0.1, 0.15) is 90.3 Å². The zero-order valence-electron chi connectivity index (χ0n) is 15.7. The van der Waals surface area contributed by atoms with Crippen LogP contribution in [0.15, 0.2) is 12.1 Å². The first-order valence-corrected chi connectivity index (χ1v) is 8.50. The highest BCUT2D eigenvalue weighted by Gasteiger charge is 2.30. The molecule has 3 nitrogen and oxygen atoms in total. The van der Waals surface area contributed by atoms with Crippen LogP contribution in [0.3, 0.4) is 0 Å². The molecule has 2 N–H and O–H groups in total. The van der Waals surface area contributed by atoms with Crippen molar-refractivity contribution >= 4 is 5.97 Å². The number of carboxylic acid groups (broad SMARTS) is 1. The molecule has 1 aromatic carbocycles. The first kappa shape index (κ1) is 19.5. The van der Waals surface area contributed by atoms with E-state index in [1.54, 1.807) is 6.07 Å². The fourth-order valence-electron chi connectivity index (χ4n) is 2.96. The minimum absolute atomic E-state index is 0.219. The Labute approximate surface area is 140 Å². The summed E-state index contributed by atoms with van der Waals surface area (Å²) >= 11 is 0. The van der Waals surface area contributed by atoms with E-state index in [0.717, 1.165) is 29.5 Å². The van der Waals surface area contributed by atoms with E-state index in [1.165, 1.54) is 0 Å². The maximum Gasteiger partial charge on any atom is 0.310 e. The SMILES string of the molecule is CCCCC(C(=O)O)c1cc(C(C)(C)C)c(O)cc1C(C)(C)C. The van der Waals surface area contributed by atoms with E-state index >= 15 is 0 Å². The molecule has 23 heavy (non-hydrogen) atoms. The average molecular weight is 320 g/mol. The molecular formula is C20H32O3. The number of carboxylic acids is 1. The molecule has 0 amide bonds. The number of unbranched alkanes of at least 4 members (excludes halogenated alkanes) is 1. The molecule has 0 saturated heterocycles. The van der Waals surface area contributed by atoms with Gasteiger partial charge in [-0.25, -0.2) is 0 Å². The monoisotopic (exact) mass is 320 g/mol. The summed E-state index contributed by atoms with van der Waals surface area (Å²) in [6.45, 7) is 14.3. The molecule has 1 unspecified atom stereocenters. The van der Waals surface area contributed by atoms with E-state index in [-0.39, 0.29) is 16.6 Å². The highest BCUT2D eigenvalue weighted by Crippen LogP contribution is 2.40. The van der Waals surface area contributed by atoms with E-state index < -0.39 is 11.9 Å². The lowest BCUT2D eigenvalue weighted by molar-refractivity contribution is -0.139. The van der Waals surface area contributed by atoms with Gasteiger partial charge in [0.25, 0.3) is 0 Å². The van der Waals surface area contributed by atoms with Crippen LogP contribution in [0.25, 0.3) is 0 Å². The van der Waals surface area contributed by atoms with E-state index in [4.69, 9.17) is 0 Å². The molecule has 3 heteroatoms. The summed E-state index contributed by atoms with van der Waals surface area (Å²) in [5.74, 6) is -1.05. The van der Waals surface area contributed by atoms with Gasteiger partial charge in [0.05, 0.1) is 5.92 Å². The van der Waals surface area contributed by atoms with Crippen LogP contribution in [0, 0.1) is 0 Å². The predicted octanol–water partition coefficient (Wildman–Crippen LogP) is 5.35. The molecule has 0 heterocycles. The van der Waals surface area contributed by atoms with Gasteiger partial charge in [0, 0.05) is 0 Å². The van der Waals surface area contributed by atoms with Gasteiger partial charge in [0.2, 0.25) is 0 Å². The summed E-state index contributed by atoms with van der Waals surface area (Å²) in [6.07, 6.45) is 2.48. The van der Waals surface area contributed by atoms with Crippen molar-refractivity contribution in [3.8, 4) is 5.75 Å². The molecule has 0 aromatic heterocycles. The van der Waals surface area contributed by atoms with Crippen LogP contribution in [0.5, 0.6) is 5.75 Å². The lowest BCUT2D eigenvalue weighted by Gasteiger charge is -2.30. The Hall–Kier alpha value is -1.51. The molecule has 1 atom stereocenters. The molecule has 1 rings (SSSR count). The average Bonchev–Trinajstić information content (AvgIpc) is 2.37. The number of carbonyl (C=O) groups is 1. The van der Waals surface area contributed by atoms with Crippen molar-refractivity contribution in [3.63, 3.8) is 0 Å². The lowest BCUT2D eigenvalue weighted by atomic mass is 9.75. The molecule has 0 aliphatic rings. The Morgan fingerprint density at radius 3 is 1.96 bits per heavy atom. The predicted molar refractivity (Wildman–Crippen MR) is 95.4 cm³/mol. The van der Waals surface area contributed by atoms with Gasteiger partial charge in [-0.2, -0.15) is 0 Å². The fourth-order valence-corrected chi connectivity index (χ4v) is 2.96.